The second-order valence-corrected chi connectivity index (χ2v) is 8.94. The lowest BCUT2D eigenvalue weighted by molar-refractivity contribution is 0.176. The summed E-state index contributed by atoms with van der Waals surface area (Å²) in [4.78, 5) is 7.74. The summed E-state index contributed by atoms with van der Waals surface area (Å²) in [7, 11) is 0. The Morgan fingerprint density at radius 1 is 1.12 bits per heavy atom. The molecule has 1 atom stereocenters. The van der Waals surface area contributed by atoms with Gasteiger partial charge >= 0.3 is 0 Å². The Balaban J connectivity index is 1.30. The standard InChI is InChI=1S/C26H27ClN4O/c1-15-4-3-5-18-17(14-30-25(15)18)8-10-28-22-13-20(27)23(12-16(22)2)31-21-9-11-29-26-19(21)6-7-24(26)32/h3-5,9,11-14,24,28,30,32H,6-8,10H2,1-2H3,(H,29,31)/t24-/m1/s1. The second kappa shape index (κ2) is 8.49. The van der Waals surface area contributed by atoms with Gasteiger partial charge in [-0.25, -0.2) is 0 Å². The van der Waals surface area contributed by atoms with E-state index in [4.69, 9.17) is 11.6 Å². The molecule has 164 valence electrons. The zero-order valence-corrected chi connectivity index (χ0v) is 19.1. The van der Waals surface area contributed by atoms with Crippen molar-refractivity contribution in [2.75, 3.05) is 17.2 Å². The van der Waals surface area contributed by atoms with E-state index in [1.807, 2.05) is 12.1 Å². The zero-order chi connectivity index (χ0) is 22.2. The van der Waals surface area contributed by atoms with Crippen molar-refractivity contribution < 1.29 is 5.11 Å². The van der Waals surface area contributed by atoms with E-state index in [0.29, 0.717) is 11.4 Å². The van der Waals surface area contributed by atoms with Gasteiger partial charge in [0.05, 0.1) is 22.5 Å². The summed E-state index contributed by atoms with van der Waals surface area (Å²) in [5.74, 6) is 0. The van der Waals surface area contributed by atoms with Crippen LogP contribution in [0.4, 0.5) is 17.1 Å². The molecule has 0 unspecified atom stereocenters. The highest BCUT2D eigenvalue weighted by Gasteiger charge is 2.24. The van der Waals surface area contributed by atoms with Gasteiger partial charge in [0.1, 0.15) is 0 Å². The Labute approximate surface area is 192 Å². The smallest absolute Gasteiger partial charge is 0.0966 e. The number of nitrogens with zero attached hydrogens (tertiary/aromatic N) is 1. The first-order valence-electron chi connectivity index (χ1n) is 11.0. The summed E-state index contributed by atoms with van der Waals surface area (Å²) in [5, 5.41) is 19.0. The van der Waals surface area contributed by atoms with E-state index in [1.165, 1.54) is 22.0 Å². The van der Waals surface area contributed by atoms with Crippen molar-refractivity contribution in [1.29, 1.82) is 0 Å². The quantitative estimate of drug-likeness (QED) is 0.284. The summed E-state index contributed by atoms with van der Waals surface area (Å²) >= 11 is 6.63. The molecule has 4 aromatic rings. The largest absolute Gasteiger partial charge is 0.387 e. The molecule has 1 aliphatic rings. The summed E-state index contributed by atoms with van der Waals surface area (Å²) in [6.07, 6.45) is 5.82. The van der Waals surface area contributed by atoms with Crippen molar-refractivity contribution in [3.05, 3.63) is 81.8 Å². The molecule has 32 heavy (non-hydrogen) atoms. The second-order valence-electron chi connectivity index (χ2n) is 8.54. The number of aromatic nitrogens is 2. The minimum absolute atomic E-state index is 0.475. The van der Waals surface area contributed by atoms with Gasteiger partial charge in [-0.2, -0.15) is 0 Å². The first-order chi connectivity index (χ1) is 15.5. The third kappa shape index (κ3) is 3.83. The van der Waals surface area contributed by atoms with Crippen molar-refractivity contribution in [1.82, 2.24) is 9.97 Å². The van der Waals surface area contributed by atoms with Gasteiger partial charge in [-0.15, -0.1) is 0 Å². The average molecular weight is 447 g/mol. The predicted molar refractivity (Wildman–Crippen MR) is 132 cm³/mol. The molecule has 0 bridgehead atoms. The molecule has 2 heterocycles. The van der Waals surface area contributed by atoms with Gasteiger partial charge in [0.2, 0.25) is 0 Å². The molecule has 0 spiro atoms. The summed E-state index contributed by atoms with van der Waals surface area (Å²) < 4.78 is 0. The number of para-hydroxylation sites is 1. The lowest BCUT2D eigenvalue weighted by atomic mass is 10.1. The normalized spacial score (nSPS) is 15.2. The molecule has 1 aliphatic carbocycles. The van der Waals surface area contributed by atoms with E-state index in [0.717, 1.165) is 53.3 Å². The number of aliphatic hydroxyl groups is 1. The predicted octanol–water partition coefficient (Wildman–Crippen LogP) is 6.21. The van der Waals surface area contributed by atoms with Crippen molar-refractivity contribution in [3.63, 3.8) is 0 Å². The van der Waals surface area contributed by atoms with Gasteiger partial charge < -0.3 is 20.7 Å². The highest BCUT2D eigenvalue weighted by Crippen LogP contribution is 2.37. The Morgan fingerprint density at radius 2 is 2.00 bits per heavy atom. The van der Waals surface area contributed by atoms with Crippen molar-refractivity contribution in [3.8, 4) is 0 Å². The minimum Gasteiger partial charge on any atom is -0.387 e. The van der Waals surface area contributed by atoms with E-state index < -0.39 is 6.10 Å². The van der Waals surface area contributed by atoms with Crippen LogP contribution in [0.5, 0.6) is 0 Å². The fourth-order valence-electron chi connectivity index (χ4n) is 4.61. The van der Waals surface area contributed by atoms with Crippen LogP contribution in [0.25, 0.3) is 10.9 Å². The van der Waals surface area contributed by atoms with Crippen LogP contribution >= 0.6 is 11.6 Å². The van der Waals surface area contributed by atoms with Gasteiger partial charge in [-0.05, 0) is 73.6 Å². The number of hydrogen-bond donors (Lipinski definition) is 4. The Hall–Kier alpha value is -3.02. The Bertz CT molecular complexity index is 1300. The fraction of sp³-hybridized carbons (Fsp3) is 0.269. The molecule has 0 aliphatic heterocycles. The highest BCUT2D eigenvalue weighted by molar-refractivity contribution is 6.33. The van der Waals surface area contributed by atoms with E-state index in [1.54, 1.807) is 6.20 Å². The van der Waals surface area contributed by atoms with Gasteiger partial charge in [-0.3, -0.25) is 4.98 Å². The van der Waals surface area contributed by atoms with E-state index >= 15 is 0 Å². The number of aliphatic hydroxyl groups excluding tert-OH is 1. The number of pyridine rings is 1. The van der Waals surface area contributed by atoms with Gasteiger partial charge in [-0.1, -0.05) is 29.8 Å². The van der Waals surface area contributed by atoms with Crippen LogP contribution in [-0.4, -0.2) is 21.6 Å². The van der Waals surface area contributed by atoms with Crippen LogP contribution in [0.1, 0.15) is 40.5 Å². The number of benzene rings is 2. The Kier molecular flexibility index (Phi) is 5.53. The molecule has 0 saturated heterocycles. The summed E-state index contributed by atoms with van der Waals surface area (Å²) in [6.45, 7) is 5.03. The van der Waals surface area contributed by atoms with Crippen molar-refractivity contribution in [2.24, 2.45) is 0 Å². The maximum absolute atomic E-state index is 10.1. The minimum atomic E-state index is -0.475. The number of aryl methyl sites for hydroxylation is 2. The van der Waals surface area contributed by atoms with Crippen LogP contribution in [-0.2, 0) is 12.8 Å². The topological polar surface area (TPSA) is 73.0 Å². The van der Waals surface area contributed by atoms with E-state index in [-0.39, 0.29) is 0 Å². The fourth-order valence-corrected chi connectivity index (χ4v) is 4.82. The number of fused-ring (bicyclic) bond motifs is 2. The Morgan fingerprint density at radius 3 is 2.88 bits per heavy atom. The molecule has 0 saturated carbocycles. The number of anilines is 3. The van der Waals surface area contributed by atoms with Crippen LogP contribution < -0.4 is 10.6 Å². The zero-order valence-electron chi connectivity index (χ0n) is 18.3. The molecule has 0 fully saturated rings. The first-order valence-corrected chi connectivity index (χ1v) is 11.4. The molecule has 5 rings (SSSR count). The average Bonchev–Trinajstić information content (AvgIpc) is 3.37. The number of H-pyrrole nitrogens is 1. The number of aromatic amines is 1. The molecule has 0 amide bonds. The third-order valence-corrected chi connectivity index (χ3v) is 6.69. The van der Waals surface area contributed by atoms with Gasteiger partial charge in [0, 0.05) is 41.2 Å². The molecule has 2 aromatic carbocycles. The molecule has 4 N–H and O–H groups in total. The number of nitrogens with one attached hydrogen (secondary N) is 3. The molecule has 2 aromatic heterocycles. The molecular weight excluding hydrogens is 420 g/mol. The van der Waals surface area contributed by atoms with Crippen LogP contribution in [0.2, 0.25) is 5.02 Å². The van der Waals surface area contributed by atoms with Crippen molar-refractivity contribution >= 4 is 39.6 Å². The lowest BCUT2D eigenvalue weighted by Crippen LogP contribution is -2.06. The van der Waals surface area contributed by atoms with E-state index in [9.17, 15) is 5.11 Å². The van der Waals surface area contributed by atoms with Gasteiger partial charge in [0.25, 0.3) is 0 Å². The third-order valence-electron chi connectivity index (χ3n) is 6.38. The number of hydrogen-bond acceptors (Lipinski definition) is 4. The monoisotopic (exact) mass is 446 g/mol. The SMILES string of the molecule is Cc1cc(Nc2ccnc3c2CC[C@H]3O)c(Cl)cc1NCCc1c[nH]c2c(C)cccc12. The molecular formula is C26H27ClN4O. The lowest BCUT2D eigenvalue weighted by Gasteiger charge is -2.16. The van der Waals surface area contributed by atoms with Crippen molar-refractivity contribution in [2.45, 2.75) is 39.2 Å². The maximum atomic E-state index is 10.1. The van der Waals surface area contributed by atoms with Crippen LogP contribution in [0.15, 0.2) is 48.8 Å². The molecule has 5 nitrogen and oxygen atoms in total. The molecule has 6 heteroatoms. The van der Waals surface area contributed by atoms with E-state index in [2.05, 4.69) is 64.9 Å². The molecule has 0 radical (unpaired) electrons. The van der Waals surface area contributed by atoms with Crippen LogP contribution in [0, 0.1) is 13.8 Å². The van der Waals surface area contributed by atoms with Crippen LogP contribution in [0.3, 0.4) is 0 Å². The van der Waals surface area contributed by atoms with Gasteiger partial charge in [0.15, 0.2) is 0 Å². The summed E-state index contributed by atoms with van der Waals surface area (Å²) in [6, 6.07) is 12.4. The maximum Gasteiger partial charge on any atom is 0.0966 e. The number of rotatable bonds is 6. The summed E-state index contributed by atoms with van der Waals surface area (Å²) in [5.41, 5.74) is 9.61. The first kappa shape index (κ1) is 20.9. The highest BCUT2D eigenvalue weighted by atomic mass is 35.5. The number of halogens is 1.